The second-order valence-electron chi connectivity index (χ2n) is 3.90. The van der Waals surface area contributed by atoms with Crippen LogP contribution < -0.4 is 4.72 Å². The molecule has 0 aliphatic rings. The Balaban J connectivity index is 2.32. The summed E-state index contributed by atoms with van der Waals surface area (Å²) in [7, 11) is -3.82. The summed E-state index contributed by atoms with van der Waals surface area (Å²) in [6.45, 7) is -0.103. The second kappa shape index (κ2) is 6.09. The van der Waals surface area contributed by atoms with Crippen LogP contribution in [0, 0.1) is 0 Å². The highest BCUT2D eigenvalue weighted by Gasteiger charge is 2.19. The molecule has 8 heteroatoms. The van der Waals surface area contributed by atoms with Crippen molar-refractivity contribution in [1.82, 2.24) is 4.98 Å². The molecule has 1 heterocycles. The molecule has 0 saturated carbocycles. The van der Waals surface area contributed by atoms with Crippen LogP contribution in [0.2, 0.25) is 5.15 Å². The Hall–Kier alpha value is -1.15. The van der Waals surface area contributed by atoms with Gasteiger partial charge in [0.25, 0.3) is 10.0 Å². The molecule has 0 bridgehead atoms. The summed E-state index contributed by atoms with van der Waals surface area (Å²) in [6.07, 6.45) is 1.41. The number of nitrogens with zero attached hydrogens (tertiary/aromatic N) is 1. The molecule has 1 aromatic heterocycles. The fourth-order valence-corrected chi connectivity index (χ4v) is 3.48. The first-order valence-corrected chi connectivity index (χ1v) is 8.11. The second-order valence-corrected chi connectivity index (χ2v) is 6.83. The maximum Gasteiger partial charge on any atom is 0.265 e. The Kier molecular flexibility index (Phi) is 4.64. The first-order valence-electron chi connectivity index (χ1n) is 5.46. The third kappa shape index (κ3) is 3.49. The lowest BCUT2D eigenvalue weighted by Gasteiger charge is -2.09. The lowest BCUT2D eigenvalue weighted by Crippen LogP contribution is -2.14. The molecular formula is C12H10BrClN2O3S. The van der Waals surface area contributed by atoms with Crippen LogP contribution in [0.15, 0.2) is 45.9 Å². The van der Waals surface area contributed by atoms with Crippen LogP contribution in [-0.4, -0.2) is 18.5 Å². The number of aromatic nitrogens is 1. The predicted molar refractivity (Wildman–Crippen MR) is 80.1 cm³/mol. The Morgan fingerprint density at radius 2 is 1.95 bits per heavy atom. The number of hydrogen-bond acceptors (Lipinski definition) is 4. The van der Waals surface area contributed by atoms with Crippen LogP contribution >= 0.6 is 27.5 Å². The van der Waals surface area contributed by atoms with Gasteiger partial charge >= 0.3 is 0 Å². The molecule has 2 aromatic rings. The summed E-state index contributed by atoms with van der Waals surface area (Å²) in [6, 6.07) is 7.74. The van der Waals surface area contributed by atoms with Crippen LogP contribution in [-0.2, 0) is 16.6 Å². The summed E-state index contributed by atoms with van der Waals surface area (Å²) in [5, 5.41) is 8.83. The monoisotopic (exact) mass is 376 g/mol. The van der Waals surface area contributed by atoms with Gasteiger partial charge in [-0.05, 0) is 39.7 Å². The topological polar surface area (TPSA) is 79.3 Å². The SMILES string of the molecule is O=S(=O)(Nc1ccc(CO)cc1)c1cc(Br)cnc1Cl. The molecule has 20 heavy (non-hydrogen) atoms. The minimum atomic E-state index is -3.82. The molecular weight excluding hydrogens is 368 g/mol. The number of aliphatic hydroxyl groups is 1. The molecule has 0 fully saturated rings. The number of rotatable bonds is 4. The molecule has 0 atom stereocenters. The van der Waals surface area contributed by atoms with Gasteiger partial charge in [0.05, 0.1) is 6.61 Å². The van der Waals surface area contributed by atoms with Crippen molar-refractivity contribution in [3.05, 3.63) is 51.7 Å². The number of aliphatic hydroxyl groups excluding tert-OH is 1. The van der Waals surface area contributed by atoms with E-state index in [0.717, 1.165) is 0 Å². The van der Waals surface area contributed by atoms with Gasteiger partial charge in [0.1, 0.15) is 10.0 Å². The molecule has 0 aliphatic heterocycles. The number of pyridine rings is 1. The molecule has 0 spiro atoms. The third-order valence-electron chi connectivity index (χ3n) is 2.45. The first-order chi connectivity index (χ1) is 9.42. The molecule has 0 unspecified atom stereocenters. The number of sulfonamides is 1. The Bertz CT molecular complexity index is 720. The Morgan fingerprint density at radius 3 is 2.55 bits per heavy atom. The average molecular weight is 378 g/mol. The van der Waals surface area contributed by atoms with Gasteiger partial charge in [0.15, 0.2) is 0 Å². The number of nitrogens with one attached hydrogen (secondary N) is 1. The highest BCUT2D eigenvalue weighted by atomic mass is 79.9. The molecule has 106 valence electrons. The van der Waals surface area contributed by atoms with Gasteiger partial charge in [-0.25, -0.2) is 13.4 Å². The summed E-state index contributed by atoms with van der Waals surface area (Å²) in [4.78, 5) is 3.67. The van der Waals surface area contributed by atoms with Crippen LogP contribution in [0.4, 0.5) is 5.69 Å². The van der Waals surface area contributed by atoms with E-state index in [2.05, 4.69) is 25.6 Å². The molecule has 1 aromatic carbocycles. The summed E-state index contributed by atoms with van der Waals surface area (Å²) in [5.41, 5.74) is 1.06. The number of hydrogen-bond donors (Lipinski definition) is 2. The summed E-state index contributed by atoms with van der Waals surface area (Å²) in [5.74, 6) is 0. The normalized spacial score (nSPS) is 11.3. The van der Waals surface area contributed by atoms with Gasteiger partial charge in [-0.1, -0.05) is 23.7 Å². The van der Waals surface area contributed by atoms with Gasteiger partial charge < -0.3 is 5.11 Å². The fraction of sp³-hybridized carbons (Fsp3) is 0.0833. The molecule has 2 N–H and O–H groups in total. The van der Waals surface area contributed by atoms with Crippen molar-refractivity contribution in [2.75, 3.05) is 4.72 Å². The van der Waals surface area contributed by atoms with Crippen molar-refractivity contribution >= 4 is 43.2 Å². The quantitative estimate of drug-likeness (QED) is 0.803. The van der Waals surface area contributed by atoms with Crippen molar-refractivity contribution in [1.29, 1.82) is 0 Å². The minimum Gasteiger partial charge on any atom is -0.392 e. The summed E-state index contributed by atoms with van der Waals surface area (Å²) < 4.78 is 27.4. The zero-order valence-electron chi connectivity index (χ0n) is 10.0. The molecule has 0 aliphatic carbocycles. The standard InChI is InChI=1S/C12H10BrClN2O3S/c13-9-5-11(12(14)15-6-9)20(18,19)16-10-3-1-8(7-17)2-4-10/h1-6,16-17H,7H2. The van der Waals surface area contributed by atoms with Crippen molar-refractivity contribution in [2.45, 2.75) is 11.5 Å². The van der Waals surface area contributed by atoms with Crippen molar-refractivity contribution < 1.29 is 13.5 Å². The Labute approximate surface area is 129 Å². The minimum absolute atomic E-state index is 0.103. The highest BCUT2D eigenvalue weighted by Crippen LogP contribution is 2.25. The van der Waals surface area contributed by atoms with E-state index in [1.807, 2.05) is 0 Å². The molecule has 0 radical (unpaired) electrons. The van der Waals surface area contributed by atoms with Gasteiger partial charge in [0.2, 0.25) is 0 Å². The molecule has 2 rings (SSSR count). The van der Waals surface area contributed by atoms with E-state index in [1.54, 1.807) is 24.3 Å². The first kappa shape index (κ1) is 15.2. The molecule has 5 nitrogen and oxygen atoms in total. The zero-order valence-corrected chi connectivity index (χ0v) is 13.2. The van der Waals surface area contributed by atoms with Gasteiger partial charge in [-0.15, -0.1) is 0 Å². The van der Waals surface area contributed by atoms with E-state index in [4.69, 9.17) is 16.7 Å². The van der Waals surface area contributed by atoms with Crippen LogP contribution in [0.3, 0.4) is 0 Å². The van der Waals surface area contributed by atoms with E-state index in [0.29, 0.717) is 15.7 Å². The van der Waals surface area contributed by atoms with Gasteiger partial charge in [-0.2, -0.15) is 0 Å². The van der Waals surface area contributed by atoms with E-state index in [9.17, 15) is 8.42 Å². The van der Waals surface area contributed by atoms with Gasteiger partial charge in [0, 0.05) is 16.4 Å². The van der Waals surface area contributed by atoms with Crippen LogP contribution in [0.1, 0.15) is 5.56 Å². The van der Waals surface area contributed by atoms with Crippen molar-refractivity contribution in [2.24, 2.45) is 0 Å². The van der Waals surface area contributed by atoms with Crippen LogP contribution in [0.5, 0.6) is 0 Å². The van der Waals surface area contributed by atoms with Crippen LogP contribution in [0.25, 0.3) is 0 Å². The van der Waals surface area contributed by atoms with E-state index in [-0.39, 0.29) is 16.7 Å². The molecule has 0 amide bonds. The average Bonchev–Trinajstić information content (AvgIpc) is 2.42. The van der Waals surface area contributed by atoms with E-state index in [1.165, 1.54) is 12.3 Å². The summed E-state index contributed by atoms with van der Waals surface area (Å²) >= 11 is 8.96. The number of halogens is 2. The fourth-order valence-electron chi connectivity index (χ4n) is 1.48. The predicted octanol–water partition coefficient (Wildman–Crippen LogP) is 2.79. The third-order valence-corrected chi connectivity index (χ3v) is 4.69. The number of benzene rings is 1. The largest absolute Gasteiger partial charge is 0.392 e. The van der Waals surface area contributed by atoms with Gasteiger partial charge in [-0.3, -0.25) is 4.72 Å². The van der Waals surface area contributed by atoms with Crippen molar-refractivity contribution in [3.8, 4) is 0 Å². The lowest BCUT2D eigenvalue weighted by atomic mass is 10.2. The highest BCUT2D eigenvalue weighted by molar-refractivity contribution is 9.10. The van der Waals surface area contributed by atoms with Crippen molar-refractivity contribution in [3.63, 3.8) is 0 Å². The smallest absolute Gasteiger partial charge is 0.265 e. The molecule has 0 saturated heterocycles. The number of anilines is 1. The maximum atomic E-state index is 12.2. The van der Waals surface area contributed by atoms with E-state index < -0.39 is 10.0 Å². The maximum absolute atomic E-state index is 12.2. The zero-order chi connectivity index (χ0) is 14.8. The lowest BCUT2D eigenvalue weighted by molar-refractivity contribution is 0.282. The van der Waals surface area contributed by atoms with E-state index >= 15 is 0 Å². The Morgan fingerprint density at radius 1 is 1.30 bits per heavy atom.